The maximum Gasteiger partial charge on any atom is 0.325 e. The molecule has 0 aliphatic carbocycles. The van der Waals surface area contributed by atoms with Crippen LogP contribution in [0.4, 0.5) is 0 Å². The van der Waals surface area contributed by atoms with Crippen LogP contribution in [0, 0.1) is 0 Å². The highest BCUT2D eigenvalue weighted by molar-refractivity contribution is 5.28. The number of hydrogen-bond acceptors (Lipinski definition) is 2. The van der Waals surface area contributed by atoms with Crippen molar-refractivity contribution < 1.29 is 0 Å². The summed E-state index contributed by atoms with van der Waals surface area (Å²) in [6, 6.07) is 9.78. The molecule has 2 aromatic rings. The Morgan fingerprint density at radius 3 is 2.42 bits per heavy atom. The van der Waals surface area contributed by atoms with E-state index in [1.165, 1.54) is 0 Å². The molecular weight excluding hydrogens is 240 g/mol. The Kier molecular flexibility index (Phi) is 4.00. The topological polar surface area (TPSA) is 65.7 Å². The van der Waals surface area contributed by atoms with Gasteiger partial charge >= 0.3 is 5.69 Å². The predicted octanol–water partition coefficient (Wildman–Crippen LogP) is 2.17. The third-order valence-electron chi connectivity index (χ3n) is 3.40. The van der Waals surface area contributed by atoms with Gasteiger partial charge < -0.3 is 4.98 Å². The zero-order chi connectivity index (χ0) is 13.8. The average Bonchev–Trinajstić information content (AvgIpc) is 2.42. The lowest BCUT2D eigenvalue weighted by molar-refractivity contribution is 0.683. The quantitative estimate of drug-likeness (QED) is 0.882. The first-order valence-electron chi connectivity index (χ1n) is 6.51. The van der Waals surface area contributed by atoms with E-state index in [2.05, 4.69) is 9.97 Å². The van der Waals surface area contributed by atoms with Gasteiger partial charge in [-0.3, -0.25) is 9.78 Å². The molecule has 19 heavy (non-hydrogen) atoms. The molecule has 4 nitrogen and oxygen atoms in total. The second-order valence-electron chi connectivity index (χ2n) is 4.77. The Morgan fingerprint density at radius 2 is 1.79 bits per heavy atom. The molecule has 2 rings (SSSR count). The van der Waals surface area contributed by atoms with Gasteiger partial charge in [0.1, 0.15) is 0 Å². The highest BCUT2D eigenvalue weighted by atomic mass is 16.2. The van der Waals surface area contributed by atoms with Crippen LogP contribution in [0.2, 0.25) is 0 Å². The molecule has 4 heteroatoms. The Hall–Kier alpha value is -2.10. The van der Waals surface area contributed by atoms with Gasteiger partial charge in [0.2, 0.25) is 0 Å². The standard InChI is InChI=1S/C15H18N2O2/c1-3-10(2)13-12(14(18)17-15(19)16-13)9-11-7-5-4-6-8-11/h4-8,10H,3,9H2,1-2H3,(H2,16,17,18,19). The summed E-state index contributed by atoms with van der Waals surface area (Å²) in [5.74, 6) is 0.161. The first-order valence-corrected chi connectivity index (χ1v) is 6.51. The van der Waals surface area contributed by atoms with Crippen molar-refractivity contribution in [1.29, 1.82) is 0 Å². The molecule has 0 amide bonds. The first-order chi connectivity index (χ1) is 9.11. The minimum Gasteiger partial charge on any atom is -0.311 e. The number of hydrogen-bond donors (Lipinski definition) is 2. The number of benzene rings is 1. The van der Waals surface area contributed by atoms with E-state index in [4.69, 9.17) is 0 Å². The molecule has 0 saturated carbocycles. The van der Waals surface area contributed by atoms with Crippen molar-refractivity contribution >= 4 is 0 Å². The van der Waals surface area contributed by atoms with Crippen LogP contribution in [-0.4, -0.2) is 9.97 Å². The molecule has 0 aliphatic rings. The highest BCUT2D eigenvalue weighted by Gasteiger charge is 2.14. The summed E-state index contributed by atoms with van der Waals surface area (Å²) in [4.78, 5) is 28.5. The molecule has 1 unspecified atom stereocenters. The SMILES string of the molecule is CCC(C)c1[nH]c(=O)[nH]c(=O)c1Cc1ccccc1. The summed E-state index contributed by atoms with van der Waals surface area (Å²) >= 11 is 0. The number of aromatic amines is 2. The second-order valence-corrected chi connectivity index (χ2v) is 4.77. The first kappa shape index (κ1) is 13.3. The van der Waals surface area contributed by atoms with Gasteiger partial charge in [-0.05, 0) is 17.9 Å². The predicted molar refractivity (Wildman–Crippen MR) is 75.6 cm³/mol. The largest absolute Gasteiger partial charge is 0.325 e. The number of aromatic nitrogens is 2. The van der Waals surface area contributed by atoms with E-state index in [1.807, 2.05) is 44.2 Å². The third kappa shape index (κ3) is 3.02. The molecule has 2 N–H and O–H groups in total. The van der Waals surface area contributed by atoms with Crippen molar-refractivity contribution in [1.82, 2.24) is 9.97 Å². The number of H-pyrrole nitrogens is 2. The molecule has 0 fully saturated rings. The van der Waals surface area contributed by atoms with E-state index in [1.54, 1.807) is 0 Å². The second kappa shape index (κ2) is 5.69. The minimum atomic E-state index is -0.433. The van der Waals surface area contributed by atoms with E-state index < -0.39 is 5.69 Å². The van der Waals surface area contributed by atoms with Gasteiger partial charge in [-0.2, -0.15) is 0 Å². The summed E-state index contributed by atoms with van der Waals surface area (Å²) in [6.45, 7) is 4.05. The minimum absolute atomic E-state index is 0.161. The fourth-order valence-corrected chi connectivity index (χ4v) is 2.13. The number of nitrogens with one attached hydrogen (secondary N) is 2. The van der Waals surface area contributed by atoms with Crippen molar-refractivity contribution in [2.45, 2.75) is 32.6 Å². The highest BCUT2D eigenvalue weighted by Crippen LogP contribution is 2.19. The summed E-state index contributed by atoms with van der Waals surface area (Å²) in [6.07, 6.45) is 1.41. The molecule has 0 aliphatic heterocycles. The summed E-state index contributed by atoms with van der Waals surface area (Å²) in [7, 11) is 0. The number of rotatable bonds is 4. The van der Waals surface area contributed by atoms with Gasteiger partial charge in [0.05, 0.1) is 0 Å². The molecule has 1 aromatic heterocycles. The average molecular weight is 258 g/mol. The van der Waals surface area contributed by atoms with Crippen molar-refractivity contribution in [3.05, 3.63) is 68.0 Å². The summed E-state index contributed by atoms with van der Waals surface area (Å²) in [5.41, 5.74) is 1.74. The Balaban J connectivity index is 2.50. The zero-order valence-corrected chi connectivity index (χ0v) is 11.2. The molecule has 1 aromatic carbocycles. The van der Waals surface area contributed by atoms with Gasteiger partial charge in [0, 0.05) is 17.7 Å². The molecule has 0 bridgehead atoms. The lowest BCUT2D eigenvalue weighted by Crippen LogP contribution is -2.29. The van der Waals surface area contributed by atoms with Crippen molar-refractivity contribution in [2.24, 2.45) is 0 Å². The molecule has 0 radical (unpaired) electrons. The smallest absolute Gasteiger partial charge is 0.311 e. The normalized spacial score (nSPS) is 12.3. The van der Waals surface area contributed by atoms with Gasteiger partial charge in [0.15, 0.2) is 0 Å². The molecule has 0 spiro atoms. The third-order valence-corrected chi connectivity index (χ3v) is 3.40. The Morgan fingerprint density at radius 1 is 1.11 bits per heavy atom. The maximum absolute atomic E-state index is 12.0. The monoisotopic (exact) mass is 258 g/mol. The zero-order valence-electron chi connectivity index (χ0n) is 11.2. The molecule has 1 atom stereocenters. The van der Waals surface area contributed by atoms with Gasteiger partial charge in [-0.1, -0.05) is 44.2 Å². The Labute approximate surface area is 111 Å². The van der Waals surface area contributed by atoms with Crippen LogP contribution in [0.1, 0.15) is 43.0 Å². The maximum atomic E-state index is 12.0. The molecular formula is C15H18N2O2. The van der Waals surface area contributed by atoms with Crippen LogP contribution >= 0.6 is 0 Å². The summed E-state index contributed by atoms with van der Waals surface area (Å²) in [5, 5.41) is 0. The van der Waals surface area contributed by atoms with Crippen LogP contribution in [0.25, 0.3) is 0 Å². The van der Waals surface area contributed by atoms with E-state index >= 15 is 0 Å². The van der Waals surface area contributed by atoms with E-state index in [9.17, 15) is 9.59 Å². The van der Waals surface area contributed by atoms with E-state index in [0.29, 0.717) is 12.0 Å². The Bertz CT molecular complexity index is 656. The van der Waals surface area contributed by atoms with Crippen LogP contribution in [0.5, 0.6) is 0 Å². The van der Waals surface area contributed by atoms with Gasteiger partial charge in [-0.15, -0.1) is 0 Å². The van der Waals surface area contributed by atoms with Crippen molar-refractivity contribution in [2.75, 3.05) is 0 Å². The van der Waals surface area contributed by atoms with Crippen LogP contribution in [-0.2, 0) is 6.42 Å². The van der Waals surface area contributed by atoms with Crippen molar-refractivity contribution in [3.8, 4) is 0 Å². The fraction of sp³-hybridized carbons (Fsp3) is 0.333. The van der Waals surface area contributed by atoms with E-state index in [0.717, 1.165) is 17.7 Å². The van der Waals surface area contributed by atoms with Crippen LogP contribution in [0.3, 0.4) is 0 Å². The fourth-order valence-electron chi connectivity index (χ4n) is 2.13. The van der Waals surface area contributed by atoms with Crippen LogP contribution in [0.15, 0.2) is 39.9 Å². The van der Waals surface area contributed by atoms with E-state index in [-0.39, 0.29) is 11.5 Å². The molecule has 100 valence electrons. The molecule has 0 saturated heterocycles. The van der Waals surface area contributed by atoms with Crippen molar-refractivity contribution in [3.63, 3.8) is 0 Å². The lowest BCUT2D eigenvalue weighted by Gasteiger charge is -2.13. The summed E-state index contributed by atoms with van der Waals surface area (Å²) < 4.78 is 0. The van der Waals surface area contributed by atoms with Crippen LogP contribution < -0.4 is 11.2 Å². The lowest BCUT2D eigenvalue weighted by atomic mass is 9.96. The van der Waals surface area contributed by atoms with Gasteiger partial charge in [0.25, 0.3) is 5.56 Å². The van der Waals surface area contributed by atoms with Gasteiger partial charge in [-0.25, -0.2) is 4.79 Å². The molecule has 1 heterocycles.